The molecule has 0 aliphatic carbocycles. The number of nitrogens with one attached hydrogen (secondary N) is 1. The molecule has 0 heterocycles. The van der Waals surface area contributed by atoms with Crippen molar-refractivity contribution in [1.82, 2.24) is 9.62 Å². The molecule has 4 nitrogen and oxygen atoms in total. The predicted octanol–water partition coefficient (Wildman–Crippen LogP) is 4.09. The summed E-state index contributed by atoms with van der Waals surface area (Å²) in [6.45, 7) is 2.63. The fraction of sp³-hybridized carbons (Fsp3) is 0.294. The second-order valence-electron chi connectivity index (χ2n) is 5.74. The average molecular weight is 387 g/mol. The number of nitrogens with zero attached hydrogens (tertiary/aromatic N) is 1. The molecule has 0 aliphatic rings. The lowest BCUT2D eigenvalue weighted by molar-refractivity contribution is 0.520. The maximum absolute atomic E-state index is 12.1. The Morgan fingerprint density at radius 2 is 1.58 bits per heavy atom. The van der Waals surface area contributed by atoms with Crippen LogP contribution >= 0.6 is 23.2 Å². The first kappa shape index (κ1) is 19.2. The summed E-state index contributed by atoms with van der Waals surface area (Å²) in [7, 11) is -0.366. The molecule has 0 radical (unpaired) electrons. The maximum Gasteiger partial charge on any atom is 0.242 e. The number of sulfonamides is 1. The summed E-state index contributed by atoms with van der Waals surface area (Å²) in [5, 5.41) is 4.58. The molecule has 2 aromatic carbocycles. The molecular formula is C17H20Cl2N2O2S. The molecule has 0 fully saturated rings. The van der Waals surface area contributed by atoms with Crippen LogP contribution < -0.4 is 5.32 Å². The van der Waals surface area contributed by atoms with E-state index in [1.54, 1.807) is 18.2 Å². The first-order valence-corrected chi connectivity index (χ1v) is 9.60. The van der Waals surface area contributed by atoms with Crippen molar-refractivity contribution in [3.8, 4) is 0 Å². The van der Waals surface area contributed by atoms with Gasteiger partial charge in [0.2, 0.25) is 10.0 Å². The van der Waals surface area contributed by atoms with Gasteiger partial charge in [-0.3, -0.25) is 0 Å². The molecule has 2 rings (SSSR count). The number of hydrogen-bond acceptors (Lipinski definition) is 3. The van der Waals surface area contributed by atoms with Gasteiger partial charge in [-0.15, -0.1) is 0 Å². The summed E-state index contributed by atoms with van der Waals surface area (Å²) in [5.41, 5.74) is 1.99. The number of rotatable bonds is 6. The van der Waals surface area contributed by atoms with Crippen molar-refractivity contribution in [2.75, 3.05) is 14.1 Å². The van der Waals surface area contributed by atoms with Crippen LogP contribution in [0, 0.1) is 0 Å². The molecule has 24 heavy (non-hydrogen) atoms. The van der Waals surface area contributed by atoms with Crippen LogP contribution in [0.3, 0.4) is 0 Å². The van der Waals surface area contributed by atoms with Crippen molar-refractivity contribution in [1.29, 1.82) is 0 Å². The molecule has 1 N–H and O–H groups in total. The third kappa shape index (κ3) is 4.71. The Hall–Kier alpha value is -1.11. The van der Waals surface area contributed by atoms with E-state index in [0.29, 0.717) is 16.6 Å². The lowest BCUT2D eigenvalue weighted by Crippen LogP contribution is -2.22. The lowest BCUT2D eigenvalue weighted by atomic mass is 10.1. The van der Waals surface area contributed by atoms with Crippen molar-refractivity contribution < 1.29 is 8.42 Å². The molecule has 0 saturated carbocycles. The van der Waals surface area contributed by atoms with E-state index in [2.05, 4.69) is 5.32 Å². The van der Waals surface area contributed by atoms with Gasteiger partial charge in [0.05, 0.1) is 4.90 Å². The van der Waals surface area contributed by atoms with Gasteiger partial charge in [0.25, 0.3) is 0 Å². The summed E-state index contributed by atoms with van der Waals surface area (Å²) < 4.78 is 25.3. The molecule has 0 saturated heterocycles. The molecule has 0 bridgehead atoms. The standard InChI is InChI=1S/C17H20Cl2N2O2S/c1-12(20-11-13-8-15(18)10-16(19)9-13)14-4-6-17(7-5-14)24(22,23)21(2)3/h4-10,12,20H,11H2,1-3H3. The van der Waals surface area contributed by atoms with Gasteiger partial charge >= 0.3 is 0 Å². The highest BCUT2D eigenvalue weighted by molar-refractivity contribution is 7.89. The van der Waals surface area contributed by atoms with E-state index >= 15 is 0 Å². The van der Waals surface area contributed by atoms with Gasteiger partial charge < -0.3 is 5.32 Å². The summed E-state index contributed by atoms with van der Waals surface area (Å²) in [6.07, 6.45) is 0. The summed E-state index contributed by atoms with van der Waals surface area (Å²) in [4.78, 5) is 0.282. The van der Waals surface area contributed by atoms with Crippen molar-refractivity contribution >= 4 is 33.2 Å². The quantitative estimate of drug-likeness (QED) is 0.812. The van der Waals surface area contributed by atoms with Crippen molar-refractivity contribution in [2.24, 2.45) is 0 Å². The zero-order chi connectivity index (χ0) is 17.9. The van der Waals surface area contributed by atoms with Gasteiger partial charge in [0.15, 0.2) is 0 Å². The fourth-order valence-electron chi connectivity index (χ4n) is 2.24. The Kier molecular flexibility index (Phi) is 6.28. The first-order chi connectivity index (χ1) is 11.2. The zero-order valence-electron chi connectivity index (χ0n) is 13.8. The highest BCUT2D eigenvalue weighted by atomic mass is 35.5. The molecule has 1 unspecified atom stereocenters. The highest BCUT2D eigenvalue weighted by Crippen LogP contribution is 2.21. The molecule has 7 heteroatoms. The van der Waals surface area contributed by atoms with E-state index in [-0.39, 0.29) is 10.9 Å². The van der Waals surface area contributed by atoms with E-state index in [9.17, 15) is 8.42 Å². The van der Waals surface area contributed by atoms with Crippen LogP contribution in [-0.2, 0) is 16.6 Å². The minimum atomic E-state index is -3.40. The molecule has 0 spiro atoms. The largest absolute Gasteiger partial charge is 0.306 e. The van der Waals surface area contributed by atoms with Gasteiger partial charge in [0.1, 0.15) is 0 Å². The van der Waals surface area contributed by atoms with E-state index in [4.69, 9.17) is 23.2 Å². The topological polar surface area (TPSA) is 49.4 Å². The predicted molar refractivity (Wildman–Crippen MR) is 99.0 cm³/mol. The minimum absolute atomic E-state index is 0.0545. The number of halogens is 2. The van der Waals surface area contributed by atoms with E-state index in [1.807, 2.05) is 31.2 Å². The fourth-order valence-corrected chi connectivity index (χ4v) is 3.71. The third-order valence-electron chi connectivity index (χ3n) is 3.69. The van der Waals surface area contributed by atoms with Crippen LogP contribution in [0.15, 0.2) is 47.4 Å². The van der Waals surface area contributed by atoms with E-state index in [0.717, 1.165) is 11.1 Å². The Labute approximate surface area is 153 Å². The normalized spacial score (nSPS) is 13.2. The molecular weight excluding hydrogens is 367 g/mol. The van der Waals surface area contributed by atoms with Crippen LogP contribution in [0.1, 0.15) is 24.1 Å². The molecule has 2 aromatic rings. The van der Waals surface area contributed by atoms with E-state index in [1.165, 1.54) is 18.4 Å². The SMILES string of the molecule is CC(NCc1cc(Cl)cc(Cl)c1)c1ccc(S(=O)(=O)N(C)C)cc1. The summed E-state index contributed by atoms with van der Waals surface area (Å²) in [5.74, 6) is 0. The highest BCUT2D eigenvalue weighted by Gasteiger charge is 2.17. The summed E-state index contributed by atoms with van der Waals surface area (Å²) >= 11 is 12.0. The van der Waals surface area contributed by atoms with Crippen LogP contribution in [0.2, 0.25) is 10.0 Å². The van der Waals surface area contributed by atoms with Crippen LogP contribution in [0.25, 0.3) is 0 Å². The van der Waals surface area contributed by atoms with Crippen LogP contribution in [0.5, 0.6) is 0 Å². The van der Waals surface area contributed by atoms with Gasteiger partial charge in [0, 0.05) is 36.7 Å². The average Bonchev–Trinajstić information content (AvgIpc) is 2.51. The minimum Gasteiger partial charge on any atom is -0.306 e. The van der Waals surface area contributed by atoms with Gasteiger partial charge in [-0.1, -0.05) is 35.3 Å². The molecule has 0 amide bonds. The number of benzene rings is 2. The molecule has 1 atom stereocenters. The van der Waals surface area contributed by atoms with Crippen molar-refractivity contribution in [3.05, 3.63) is 63.6 Å². The smallest absolute Gasteiger partial charge is 0.242 e. The van der Waals surface area contributed by atoms with Crippen LogP contribution in [-0.4, -0.2) is 26.8 Å². The van der Waals surface area contributed by atoms with Gasteiger partial charge in [-0.2, -0.15) is 0 Å². The van der Waals surface area contributed by atoms with Crippen LogP contribution in [0.4, 0.5) is 0 Å². The first-order valence-electron chi connectivity index (χ1n) is 7.41. The van der Waals surface area contributed by atoms with Gasteiger partial charge in [-0.25, -0.2) is 12.7 Å². The monoisotopic (exact) mass is 386 g/mol. The Morgan fingerprint density at radius 1 is 1.04 bits per heavy atom. The van der Waals surface area contributed by atoms with Gasteiger partial charge in [-0.05, 0) is 48.4 Å². The van der Waals surface area contributed by atoms with E-state index < -0.39 is 10.0 Å². The van der Waals surface area contributed by atoms with Crippen molar-refractivity contribution in [2.45, 2.75) is 24.4 Å². The maximum atomic E-state index is 12.1. The molecule has 0 aliphatic heterocycles. The summed E-state index contributed by atoms with van der Waals surface area (Å²) in [6, 6.07) is 12.4. The Bertz CT molecular complexity index is 786. The Balaban J connectivity index is 2.06. The second kappa shape index (κ2) is 7.85. The second-order valence-corrected chi connectivity index (χ2v) is 8.76. The van der Waals surface area contributed by atoms with Crippen molar-refractivity contribution in [3.63, 3.8) is 0 Å². The third-order valence-corrected chi connectivity index (χ3v) is 5.96. The Morgan fingerprint density at radius 3 is 2.08 bits per heavy atom. The molecule has 130 valence electrons. The lowest BCUT2D eigenvalue weighted by Gasteiger charge is -2.16. The zero-order valence-corrected chi connectivity index (χ0v) is 16.1. The molecule has 0 aromatic heterocycles. The number of hydrogen-bond donors (Lipinski definition) is 1.